The molecule has 0 aliphatic carbocycles. The van der Waals surface area contributed by atoms with E-state index in [0.717, 1.165) is 0 Å². The smallest absolute Gasteiger partial charge is 0.207 e. The molecule has 2 aromatic rings. The Balaban J connectivity index is 1.79. The fourth-order valence-corrected chi connectivity index (χ4v) is 4.75. The summed E-state index contributed by atoms with van der Waals surface area (Å²) in [7, 11) is -3.64. The summed E-state index contributed by atoms with van der Waals surface area (Å²) in [4.78, 5) is 1.69. The fraction of sp³-hybridized carbons (Fsp3) is 0.385. The molecular weight excluding hydrogens is 347 g/mol. The van der Waals surface area contributed by atoms with Crippen LogP contribution in [0.2, 0.25) is 10.0 Å². The van der Waals surface area contributed by atoms with E-state index in [9.17, 15) is 8.42 Å². The third-order valence-electron chi connectivity index (χ3n) is 3.70. The summed E-state index contributed by atoms with van der Waals surface area (Å²) >= 11 is 11.9. The van der Waals surface area contributed by atoms with Gasteiger partial charge < -0.3 is 0 Å². The number of benzene rings is 1. The molecule has 1 aromatic heterocycles. The molecular formula is C13H14Cl2N4O2S. The van der Waals surface area contributed by atoms with E-state index in [4.69, 9.17) is 23.2 Å². The van der Waals surface area contributed by atoms with Crippen LogP contribution in [0.15, 0.2) is 35.5 Å². The van der Waals surface area contributed by atoms with Crippen molar-refractivity contribution in [2.75, 3.05) is 13.1 Å². The van der Waals surface area contributed by atoms with E-state index in [1.54, 1.807) is 23.3 Å². The van der Waals surface area contributed by atoms with Gasteiger partial charge >= 0.3 is 0 Å². The van der Waals surface area contributed by atoms with Crippen LogP contribution in [-0.2, 0) is 10.0 Å². The number of sulfonamides is 1. The number of nitrogens with zero attached hydrogens (tertiary/aromatic N) is 4. The molecule has 9 heteroatoms. The van der Waals surface area contributed by atoms with Gasteiger partial charge in [-0.25, -0.2) is 8.42 Å². The third kappa shape index (κ3) is 2.99. The minimum Gasteiger partial charge on any atom is -0.207 e. The van der Waals surface area contributed by atoms with E-state index in [0.29, 0.717) is 31.0 Å². The molecule has 0 spiro atoms. The molecule has 1 saturated heterocycles. The summed E-state index contributed by atoms with van der Waals surface area (Å²) in [5.74, 6) is 0. The summed E-state index contributed by atoms with van der Waals surface area (Å²) in [6.07, 6.45) is 4.56. The van der Waals surface area contributed by atoms with E-state index in [1.807, 2.05) is 0 Å². The van der Waals surface area contributed by atoms with Crippen LogP contribution in [0.25, 0.3) is 0 Å². The first-order valence-corrected chi connectivity index (χ1v) is 8.99. The lowest BCUT2D eigenvalue weighted by atomic mass is 10.1. The first-order chi connectivity index (χ1) is 10.5. The molecule has 1 aliphatic heterocycles. The van der Waals surface area contributed by atoms with Crippen LogP contribution >= 0.6 is 23.2 Å². The summed E-state index contributed by atoms with van der Waals surface area (Å²) in [5, 5.41) is 8.75. The van der Waals surface area contributed by atoms with Crippen LogP contribution in [-0.4, -0.2) is 40.8 Å². The second-order valence-corrected chi connectivity index (χ2v) is 7.81. The molecule has 118 valence electrons. The lowest BCUT2D eigenvalue weighted by Crippen LogP contribution is -2.39. The van der Waals surface area contributed by atoms with Crippen LogP contribution in [0.4, 0.5) is 0 Å². The van der Waals surface area contributed by atoms with Crippen molar-refractivity contribution in [2.24, 2.45) is 0 Å². The van der Waals surface area contributed by atoms with Crippen LogP contribution in [0.5, 0.6) is 0 Å². The van der Waals surface area contributed by atoms with E-state index in [1.165, 1.54) is 16.4 Å². The maximum atomic E-state index is 12.7. The highest BCUT2D eigenvalue weighted by atomic mass is 35.5. The minimum atomic E-state index is -3.64. The van der Waals surface area contributed by atoms with E-state index in [2.05, 4.69) is 10.2 Å². The van der Waals surface area contributed by atoms with Crippen molar-refractivity contribution in [2.45, 2.75) is 23.8 Å². The monoisotopic (exact) mass is 360 g/mol. The number of rotatable bonds is 3. The highest BCUT2D eigenvalue weighted by Gasteiger charge is 2.32. The van der Waals surface area contributed by atoms with Gasteiger partial charge in [-0.3, -0.25) is 0 Å². The van der Waals surface area contributed by atoms with Crippen LogP contribution < -0.4 is 0 Å². The second-order valence-electron chi connectivity index (χ2n) is 5.06. The Morgan fingerprint density at radius 3 is 2.36 bits per heavy atom. The molecule has 0 unspecified atom stereocenters. The van der Waals surface area contributed by atoms with Crippen molar-refractivity contribution in [3.05, 3.63) is 40.6 Å². The van der Waals surface area contributed by atoms with Crippen molar-refractivity contribution in [3.63, 3.8) is 0 Å². The topological polar surface area (TPSA) is 68.1 Å². The van der Waals surface area contributed by atoms with Gasteiger partial charge in [0.25, 0.3) is 0 Å². The highest BCUT2D eigenvalue weighted by molar-refractivity contribution is 7.89. The molecule has 0 radical (unpaired) electrons. The van der Waals surface area contributed by atoms with Crippen molar-refractivity contribution in [3.8, 4) is 0 Å². The Labute approximate surface area is 138 Å². The van der Waals surface area contributed by atoms with E-state index >= 15 is 0 Å². The predicted octanol–water partition coefficient (Wildman–Crippen LogP) is 2.61. The maximum absolute atomic E-state index is 12.7. The zero-order valence-electron chi connectivity index (χ0n) is 11.6. The maximum Gasteiger partial charge on any atom is 0.244 e. The van der Waals surface area contributed by atoms with Gasteiger partial charge in [0, 0.05) is 18.1 Å². The van der Waals surface area contributed by atoms with E-state index in [-0.39, 0.29) is 16.0 Å². The number of piperidine rings is 1. The molecule has 0 bridgehead atoms. The summed E-state index contributed by atoms with van der Waals surface area (Å²) in [5.41, 5.74) is 0. The van der Waals surface area contributed by atoms with Gasteiger partial charge in [-0.05, 0) is 31.0 Å². The summed E-state index contributed by atoms with van der Waals surface area (Å²) in [6.45, 7) is 0.800. The second kappa shape index (κ2) is 6.16. The van der Waals surface area contributed by atoms with Crippen molar-refractivity contribution >= 4 is 33.2 Å². The van der Waals surface area contributed by atoms with Gasteiger partial charge in [0.15, 0.2) is 0 Å². The molecule has 2 heterocycles. The predicted molar refractivity (Wildman–Crippen MR) is 83.5 cm³/mol. The molecule has 0 saturated carbocycles. The Morgan fingerprint density at radius 1 is 1.09 bits per heavy atom. The summed E-state index contributed by atoms with van der Waals surface area (Å²) in [6, 6.07) is 4.58. The van der Waals surface area contributed by atoms with Gasteiger partial charge in [-0.2, -0.15) is 19.3 Å². The molecule has 0 atom stereocenters. The SMILES string of the molecule is O=S(=O)(c1cc(Cl)ccc1Cl)N1CCC(n2nccn2)CC1. The van der Waals surface area contributed by atoms with Gasteiger partial charge in [-0.15, -0.1) is 0 Å². The lowest BCUT2D eigenvalue weighted by Gasteiger charge is -2.30. The van der Waals surface area contributed by atoms with Gasteiger partial charge in [0.2, 0.25) is 10.0 Å². The van der Waals surface area contributed by atoms with Crippen LogP contribution in [0.3, 0.4) is 0 Å². The van der Waals surface area contributed by atoms with Gasteiger partial charge in [0.1, 0.15) is 4.90 Å². The van der Waals surface area contributed by atoms with Gasteiger partial charge in [-0.1, -0.05) is 23.2 Å². The lowest BCUT2D eigenvalue weighted by molar-refractivity contribution is 0.245. The highest BCUT2D eigenvalue weighted by Crippen LogP contribution is 2.31. The van der Waals surface area contributed by atoms with Crippen LogP contribution in [0, 0.1) is 0 Å². The minimum absolute atomic E-state index is 0.0531. The zero-order valence-corrected chi connectivity index (χ0v) is 13.9. The average molecular weight is 361 g/mol. The van der Waals surface area contributed by atoms with Crippen molar-refractivity contribution in [1.29, 1.82) is 0 Å². The van der Waals surface area contributed by atoms with E-state index < -0.39 is 10.0 Å². The Bertz CT molecular complexity index is 756. The molecule has 1 aromatic carbocycles. The Hall–Kier alpha value is -1.15. The molecule has 1 fully saturated rings. The standard InChI is InChI=1S/C13H14Cl2N4O2S/c14-10-1-2-12(15)13(9-10)22(20,21)18-7-3-11(4-8-18)19-16-5-6-17-19/h1-2,5-6,9,11H,3-4,7-8H2. The van der Waals surface area contributed by atoms with Crippen molar-refractivity contribution in [1.82, 2.24) is 19.3 Å². The summed E-state index contributed by atoms with van der Waals surface area (Å²) < 4.78 is 26.8. The van der Waals surface area contributed by atoms with Crippen LogP contribution in [0.1, 0.15) is 18.9 Å². The molecule has 1 aliphatic rings. The Kier molecular flexibility index (Phi) is 4.40. The first kappa shape index (κ1) is 15.7. The van der Waals surface area contributed by atoms with Crippen molar-refractivity contribution < 1.29 is 8.42 Å². The molecule has 6 nitrogen and oxygen atoms in total. The largest absolute Gasteiger partial charge is 0.244 e. The number of aromatic nitrogens is 3. The first-order valence-electron chi connectivity index (χ1n) is 6.79. The van der Waals surface area contributed by atoms with Gasteiger partial charge in [0.05, 0.1) is 23.5 Å². The molecule has 0 N–H and O–H groups in total. The third-order valence-corrected chi connectivity index (χ3v) is 6.31. The normalized spacial score (nSPS) is 17.7. The number of hydrogen-bond donors (Lipinski definition) is 0. The molecule has 0 amide bonds. The zero-order chi connectivity index (χ0) is 15.7. The quantitative estimate of drug-likeness (QED) is 0.843. The molecule has 22 heavy (non-hydrogen) atoms. The number of hydrogen-bond acceptors (Lipinski definition) is 4. The fourth-order valence-electron chi connectivity index (χ4n) is 2.54. The molecule has 3 rings (SSSR count). The average Bonchev–Trinajstić information content (AvgIpc) is 3.04. The Morgan fingerprint density at radius 2 is 1.73 bits per heavy atom. The number of halogens is 2.